The number of nitrogens with zero attached hydrogens (tertiary/aromatic N) is 2. The molecule has 4 aliphatic rings. The van der Waals surface area contributed by atoms with E-state index in [1.807, 2.05) is 42.5 Å². The van der Waals surface area contributed by atoms with Crippen molar-refractivity contribution in [1.29, 1.82) is 0 Å². The molecule has 1 unspecified atom stereocenters. The molecule has 3 amide bonds. The molecular formula is C19H19N3O2. The molecule has 0 aliphatic carbocycles. The van der Waals surface area contributed by atoms with E-state index in [2.05, 4.69) is 10.2 Å². The Morgan fingerprint density at radius 2 is 1.75 bits per heavy atom. The third-order valence-corrected chi connectivity index (χ3v) is 5.88. The molecule has 2 aromatic rings. The Bertz CT molecular complexity index is 851. The molecule has 1 N–H and O–H groups in total. The van der Waals surface area contributed by atoms with Crippen LogP contribution in [0.1, 0.15) is 12.8 Å². The van der Waals surface area contributed by atoms with Crippen LogP contribution in [-0.2, 0) is 4.79 Å². The van der Waals surface area contributed by atoms with E-state index in [4.69, 9.17) is 0 Å². The van der Waals surface area contributed by atoms with E-state index in [0.29, 0.717) is 12.2 Å². The fourth-order valence-corrected chi connectivity index (χ4v) is 4.66. The van der Waals surface area contributed by atoms with Crippen LogP contribution >= 0.6 is 0 Å². The molecule has 5 nitrogen and oxygen atoms in total. The number of hydrogen-bond donors (Lipinski definition) is 1. The lowest BCUT2D eigenvalue weighted by atomic mass is 9.72. The molecule has 24 heavy (non-hydrogen) atoms. The van der Waals surface area contributed by atoms with Crippen LogP contribution in [0.2, 0.25) is 0 Å². The minimum atomic E-state index is -0.732. The summed E-state index contributed by atoms with van der Waals surface area (Å²) in [4.78, 5) is 29.8. The molecule has 0 saturated carbocycles. The highest BCUT2D eigenvalue weighted by Crippen LogP contribution is 2.41. The summed E-state index contributed by atoms with van der Waals surface area (Å²) in [5.74, 6) is 0.164. The summed E-state index contributed by atoms with van der Waals surface area (Å²) in [7, 11) is 0. The number of anilines is 1. The largest absolute Gasteiger partial charge is 0.329 e. The average molecular weight is 321 g/mol. The van der Waals surface area contributed by atoms with Gasteiger partial charge >= 0.3 is 6.03 Å². The lowest BCUT2D eigenvalue weighted by Crippen LogP contribution is -2.67. The predicted molar refractivity (Wildman–Crippen MR) is 91.9 cm³/mol. The van der Waals surface area contributed by atoms with Crippen LogP contribution in [0, 0.1) is 5.92 Å². The summed E-state index contributed by atoms with van der Waals surface area (Å²) >= 11 is 0. The van der Waals surface area contributed by atoms with Crippen molar-refractivity contribution in [1.82, 2.24) is 10.2 Å². The Morgan fingerprint density at radius 3 is 2.50 bits per heavy atom. The van der Waals surface area contributed by atoms with Gasteiger partial charge in [0.1, 0.15) is 5.54 Å². The Labute approximate surface area is 140 Å². The summed E-state index contributed by atoms with van der Waals surface area (Å²) in [6.07, 6.45) is 1.96. The molecule has 0 aromatic heterocycles. The van der Waals surface area contributed by atoms with E-state index < -0.39 is 5.54 Å². The van der Waals surface area contributed by atoms with Gasteiger partial charge in [-0.25, -0.2) is 9.69 Å². The zero-order valence-corrected chi connectivity index (χ0v) is 13.4. The summed E-state index contributed by atoms with van der Waals surface area (Å²) in [5, 5.41) is 5.02. The quantitative estimate of drug-likeness (QED) is 0.821. The lowest BCUT2D eigenvalue weighted by Gasteiger charge is -2.49. The zero-order valence-electron chi connectivity index (χ0n) is 13.4. The molecule has 4 saturated heterocycles. The fraction of sp³-hybridized carbons (Fsp3) is 0.368. The molecule has 0 radical (unpaired) electrons. The van der Waals surface area contributed by atoms with Gasteiger partial charge in [0.2, 0.25) is 0 Å². The van der Waals surface area contributed by atoms with Gasteiger partial charge in [0.25, 0.3) is 5.91 Å². The van der Waals surface area contributed by atoms with Crippen molar-refractivity contribution in [3.63, 3.8) is 0 Å². The number of rotatable bonds is 1. The van der Waals surface area contributed by atoms with Crippen molar-refractivity contribution in [2.24, 2.45) is 5.92 Å². The third-order valence-electron chi connectivity index (χ3n) is 5.88. The number of imide groups is 1. The molecule has 4 fully saturated rings. The SMILES string of the molecule is O=C1NC2(CN3CCC2CC3)C(=O)N1c1cccc2ccccc12. The molecule has 1 atom stereocenters. The first kappa shape index (κ1) is 14.0. The van der Waals surface area contributed by atoms with Crippen molar-refractivity contribution in [3.05, 3.63) is 42.5 Å². The fourth-order valence-electron chi connectivity index (χ4n) is 4.66. The van der Waals surface area contributed by atoms with Crippen LogP contribution in [0.5, 0.6) is 0 Å². The van der Waals surface area contributed by atoms with Gasteiger partial charge < -0.3 is 10.2 Å². The molecule has 4 aliphatic heterocycles. The number of benzene rings is 2. The second-order valence-electron chi connectivity index (χ2n) is 7.09. The molecule has 122 valence electrons. The molecule has 6 rings (SSSR count). The van der Waals surface area contributed by atoms with Gasteiger partial charge in [-0.1, -0.05) is 36.4 Å². The van der Waals surface area contributed by atoms with Gasteiger partial charge in [0.05, 0.1) is 5.69 Å². The highest BCUT2D eigenvalue weighted by Gasteiger charge is 2.60. The molecule has 1 spiro atoms. The first-order chi connectivity index (χ1) is 11.7. The number of urea groups is 1. The summed E-state index contributed by atoms with van der Waals surface area (Å²) in [6, 6.07) is 13.3. The summed E-state index contributed by atoms with van der Waals surface area (Å²) in [6.45, 7) is 2.71. The van der Waals surface area contributed by atoms with E-state index in [0.717, 1.165) is 36.7 Å². The van der Waals surface area contributed by atoms with Crippen LogP contribution in [-0.4, -0.2) is 42.0 Å². The Morgan fingerprint density at radius 1 is 1.00 bits per heavy atom. The van der Waals surface area contributed by atoms with E-state index in [-0.39, 0.29) is 17.9 Å². The topological polar surface area (TPSA) is 52.7 Å². The standard InChI is InChI=1S/C19H19N3O2/c23-17-19(12-21-10-8-14(19)9-11-21)20-18(24)22(17)16-7-3-5-13-4-1-2-6-15(13)16/h1-7,14H,8-12H2,(H,20,24). The maximum Gasteiger partial charge on any atom is 0.329 e. The summed E-state index contributed by atoms with van der Waals surface area (Å²) in [5.41, 5.74) is -0.0474. The van der Waals surface area contributed by atoms with Crippen LogP contribution < -0.4 is 10.2 Å². The van der Waals surface area contributed by atoms with Gasteiger partial charge in [0.15, 0.2) is 0 Å². The highest BCUT2D eigenvalue weighted by atomic mass is 16.2. The molecule has 2 aromatic carbocycles. The zero-order chi connectivity index (χ0) is 16.3. The van der Waals surface area contributed by atoms with E-state index in [1.54, 1.807) is 0 Å². The Hall–Kier alpha value is -2.40. The van der Waals surface area contributed by atoms with Gasteiger partial charge in [-0.3, -0.25) is 4.79 Å². The third kappa shape index (κ3) is 1.73. The Balaban J connectivity index is 1.62. The minimum absolute atomic E-state index is 0.0850. The highest BCUT2D eigenvalue weighted by molar-refractivity contribution is 6.26. The van der Waals surface area contributed by atoms with Crippen molar-refractivity contribution in [2.45, 2.75) is 18.4 Å². The molecular weight excluding hydrogens is 302 g/mol. The number of amides is 3. The maximum atomic E-state index is 13.3. The Kier molecular flexibility index (Phi) is 2.80. The normalized spacial score (nSPS) is 31.9. The van der Waals surface area contributed by atoms with Crippen molar-refractivity contribution < 1.29 is 9.59 Å². The van der Waals surface area contributed by atoms with Gasteiger partial charge in [-0.05, 0) is 43.3 Å². The van der Waals surface area contributed by atoms with Crippen LogP contribution in [0.15, 0.2) is 42.5 Å². The molecule has 4 heterocycles. The van der Waals surface area contributed by atoms with Crippen LogP contribution in [0.4, 0.5) is 10.5 Å². The first-order valence-corrected chi connectivity index (χ1v) is 8.56. The number of nitrogens with one attached hydrogen (secondary N) is 1. The number of carbonyl (C=O) groups is 2. The maximum absolute atomic E-state index is 13.3. The summed E-state index contributed by atoms with van der Waals surface area (Å²) < 4.78 is 0. The van der Waals surface area contributed by atoms with E-state index >= 15 is 0 Å². The number of piperidine rings is 3. The monoisotopic (exact) mass is 321 g/mol. The first-order valence-electron chi connectivity index (χ1n) is 8.56. The van der Waals surface area contributed by atoms with Gasteiger partial charge in [-0.15, -0.1) is 0 Å². The predicted octanol–water partition coefficient (Wildman–Crippen LogP) is 2.36. The number of fused-ring (bicyclic) bond motifs is 3. The average Bonchev–Trinajstić information content (AvgIpc) is 2.85. The second-order valence-corrected chi connectivity index (χ2v) is 7.09. The minimum Gasteiger partial charge on any atom is -0.321 e. The molecule has 2 bridgehead atoms. The van der Waals surface area contributed by atoms with Crippen LogP contribution in [0.25, 0.3) is 10.8 Å². The van der Waals surface area contributed by atoms with E-state index in [1.165, 1.54) is 4.90 Å². The van der Waals surface area contributed by atoms with Crippen molar-refractivity contribution in [3.8, 4) is 0 Å². The smallest absolute Gasteiger partial charge is 0.321 e. The lowest BCUT2D eigenvalue weighted by molar-refractivity contribution is -0.129. The van der Waals surface area contributed by atoms with Gasteiger partial charge in [0, 0.05) is 11.9 Å². The second kappa shape index (κ2) is 4.80. The van der Waals surface area contributed by atoms with Crippen LogP contribution in [0.3, 0.4) is 0 Å². The number of hydrogen-bond acceptors (Lipinski definition) is 3. The number of carbonyl (C=O) groups excluding carboxylic acids is 2. The van der Waals surface area contributed by atoms with Gasteiger partial charge in [-0.2, -0.15) is 0 Å². The van der Waals surface area contributed by atoms with E-state index in [9.17, 15) is 9.59 Å². The van der Waals surface area contributed by atoms with Crippen molar-refractivity contribution in [2.75, 3.05) is 24.5 Å². The molecule has 5 heteroatoms. The van der Waals surface area contributed by atoms with Crippen molar-refractivity contribution >= 4 is 28.4 Å².